The van der Waals surface area contributed by atoms with Crippen LogP contribution in [-0.2, 0) is 0 Å². The first-order valence-electron chi connectivity index (χ1n) is 9.63. The molecule has 0 aliphatic heterocycles. The average molecular weight is 400 g/mol. The number of carbonyl (C=O) groups is 1. The molecule has 28 heavy (non-hydrogen) atoms. The molecule has 0 unspecified atom stereocenters. The Balaban J connectivity index is 1.99. The molecule has 0 spiro atoms. The monoisotopic (exact) mass is 399 g/mol. The maximum atomic E-state index is 12.6. The van der Waals surface area contributed by atoms with E-state index < -0.39 is 0 Å². The lowest BCUT2D eigenvalue weighted by atomic mass is 10.2. The molecule has 150 valence electrons. The van der Waals surface area contributed by atoms with Crippen molar-refractivity contribution in [2.24, 2.45) is 5.92 Å². The summed E-state index contributed by atoms with van der Waals surface area (Å²) in [6.07, 6.45) is 0. The van der Waals surface area contributed by atoms with Gasteiger partial charge in [0.1, 0.15) is 5.75 Å². The first-order chi connectivity index (χ1) is 13.4. The van der Waals surface area contributed by atoms with Gasteiger partial charge >= 0.3 is 0 Å². The summed E-state index contributed by atoms with van der Waals surface area (Å²) in [5.74, 6) is 0.634. The molecule has 0 aliphatic carbocycles. The van der Waals surface area contributed by atoms with Crippen LogP contribution < -0.4 is 20.3 Å². The van der Waals surface area contributed by atoms with Crippen molar-refractivity contribution in [1.82, 2.24) is 5.32 Å². The molecule has 6 heteroatoms. The number of para-hydroxylation sites is 1. The molecule has 0 atom stereocenters. The van der Waals surface area contributed by atoms with Crippen LogP contribution in [0, 0.1) is 5.92 Å². The van der Waals surface area contributed by atoms with Crippen LogP contribution in [0.2, 0.25) is 0 Å². The minimum absolute atomic E-state index is 0.249. The first kappa shape index (κ1) is 21.7. The van der Waals surface area contributed by atoms with E-state index in [1.807, 2.05) is 30.3 Å². The summed E-state index contributed by atoms with van der Waals surface area (Å²) in [5.41, 5.74) is 2.44. The van der Waals surface area contributed by atoms with Crippen LogP contribution in [0.25, 0.3) is 0 Å². The fraction of sp³-hybridized carbons (Fsp3) is 0.364. The number of amides is 1. The van der Waals surface area contributed by atoms with Crippen molar-refractivity contribution >= 4 is 34.6 Å². The zero-order valence-corrected chi connectivity index (χ0v) is 17.8. The molecule has 2 rings (SSSR count). The number of nitrogens with zero attached hydrogens (tertiary/aromatic N) is 1. The van der Waals surface area contributed by atoms with Gasteiger partial charge in [-0.25, -0.2) is 0 Å². The lowest BCUT2D eigenvalue weighted by Gasteiger charge is -2.21. The molecular weight excluding hydrogens is 370 g/mol. The van der Waals surface area contributed by atoms with Gasteiger partial charge in [0.2, 0.25) is 0 Å². The van der Waals surface area contributed by atoms with Crippen molar-refractivity contribution < 1.29 is 9.53 Å². The van der Waals surface area contributed by atoms with Gasteiger partial charge in [0.25, 0.3) is 5.91 Å². The molecule has 2 N–H and O–H groups in total. The number of anilines is 2. The van der Waals surface area contributed by atoms with Gasteiger partial charge < -0.3 is 15.0 Å². The lowest BCUT2D eigenvalue weighted by Crippen LogP contribution is -2.34. The van der Waals surface area contributed by atoms with Crippen molar-refractivity contribution in [3.8, 4) is 5.75 Å². The van der Waals surface area contributed by atoms with Crippen LogP contribution >= 0.6 is 12.2 Å². The number of nitrogens with one attached hydrogen (secondary N) is 2. The van der Waals surface area contributed by atoms with E-state index in [-0.39, 0.29) is 11.0 Å². The summed E-state index contributed by atoms with van der Waals surface area (Å²) in [4.78, 5) is 14.9. The van der Waals surface area contributed by atoms with Gasteiger partial charge in [0.15, 0.2) is 5.11 Å². The van der Waals surface area contributed by atoms with Crippen LogP contribution in [0.15, 0.2) is 48.5 Å². The van der Waals surface area contributed by atoms with Crippen molar-refractivity contribution in [3.63, 3.8) is 0 Å². The fourth-order valence-corrected chi connectivity index (χ4v) is 2.92. The standard InChI is InChI=1S/C22H29N3O2S/c1-5-25(6-2)18-13-11-17(12-14-18)23-22(28)24-21(26)19-9-7-8-10-20(19)27-15-16(3)4/h7-14,16H,5-6,15H2,1-4H3,(H2,23,24,26,28). The molecular formula is C22H29N3O2S. The zero-order valence-electron chi connectivity index (χ0n) is 17.0. The van der Waals surface area contributed by atoms with Crippen LogP contribution in [-0.4, -0.2) is 30.7 Å². The van der Waals surface area contributed by atoms with Gasteiger partial charge in [-0.05, 0) is 68.4 Å². The number of carbonyl (C=O) groups excluding carboxylic acids is 1. The average Bonchev–Trinajstić information content (AvgIpc) is 2.68. The maximum Gasteiger partial charge on any atom is 0.261 e. The minimum Gasteiger partial charge on any atom is -0.492 e. The Morgan fingerprint density at radius 1 is 1.07 bits per heavy atom. The van der Waals surface area contributed by atoms with E-state index in [2.05, 4.69) is 43.2 Å². The number of benzene rings is 2. The van der Waals surface area contributed by atoms with Crippen molar-refractivity contribution in [1.29, 1.82) is 0 Å². The predicted molar refractivity (Wildman–Crippen MR) is 120 cm³/mol. The Hall–Kier alpha value is -2.60. The van der Waals surface area contributed by atoms with E-state index in [0.717, 1.165) is 24.5 Å². The third-order valence-electron chi connectivity index (χ3n) is 4.18. The number of hydrogen-bond donors (Lipinski definition) is 2. The van der Waals surface area contributed by atoms with Crippen LogP contribution in [0.5, 0.6) is 5.75 Å². The normalized spacial score (nSPS) is 10.5. The fourth-order valence-electron chi connectivity index (χ4n) is 2.71. The van der Waals surface area contributed by atoms with Crippen molar-refractivity contribution in [2.75, 3.05) is 29.9 Å². The number of ether oxygens (including phenoxy) is 1. The third-order valence-corrected chi connectivity index (χ3v) is 4.39. The molecule has 0 bridgehead atoms. The summed E-state index contributed by atoms with van der Waals surface area (Å²) < 4.78 is 5.75. The summed E-state index contributed by atoms with van der Waals surface area (Å²) in [6.45, 7) is 10.8. The van der Waals surface area contributed by atoms with Crippen LogP contribution in [0.4, 0.5) is 11.4 Å². The summed E-state index contributed by atoms with van der Waals surface area (Å²) in [6, 6.07) is 15.1. The minimum atomic E-state index is -0.295. The second kappa shape index (κ2) is 10.7. The Labute approximate surface area is 173 Å². The predicted octanol–water partition coefficient (Wildman–Crippen LogP) is 4.69. The quantitative estimate of drug-likeness (QED) is 0.631. The molecule has 1 amide bonds. The highest BCUT2D eigenvalue weighted by Crippen LogP contribution is 2.20. The molecule has 0 aromatic heterocycles. The van der Waals surface area contributed by atoms with Gasteiger partial charge in [-0.1, -0.05) is 26.0 Å². The topological polar surface area (TPSA) is 53.6 Å². The van der Waals surface area contributed by atoms with Gasteiger partial charge in [0.05, 0.1) is 12.2 Å². The van der Waals surface area contributed by atoms with Gasteiger partial charge in [-0.2, -0.15) is 0 Å². The molecule has 0 radical (unpaired) electrons. The molecule has 0 fully saturated rings. The van der Waals surface area contributed by atoms with Gasteiger partial charge in [0, 0.05) is 24.5 Å². The largest absolute Gasteiger partial charge is 0.492 e. The molecule has 0 saturated carbocycles. The number of rotatable bonds is 8. The summed E-state index contributed by atoms with van der Waals surface area (Å²) in [7, 11) is 0. The highest BCUT2D eigenvalue weighted by molar-refractivity contribution is 7.80. The van der Waals surface area contributed by atoms with Crippen LogP contribution in [0.3, 0.4) is 0 Å². The molecule has 0 heterocycles. The highest BCUT2D eigenvalue weighted by atomic mass is 32.1. The Kier molecular flexibility index (Phi) is 8.26. The van der Waals surface area contributed by atoms with Crippen LogP contribution in [0.1, 0.15) is 38.1 Å². The smallest absolute Gasteiger partial charge is 0.261 e. The second-order valence-corrected chi connectivity index (χ2v) is 7.24. The first-order valence-corrected chi connectivity index (χ1v) is 10.0. The summed E-state index contributed by atoms with van der Waals surface area (Å²) in [5, 5.41) is 6.03. The van der Waals surface area contributed by atoms with Gasteiger partial charge in [-0.3, -0.25) is 10.1 Å². The molecule has 2 aromatic rings. The highest BCUT2D eigenvalue weighted by Gasteiger charge is 2.14. The lowest BCUT2D eigenvalue weighted by molar-refractivity contribution is 0.0973. The van der Waals surface area contributed by atoms with Crippen molar-refractivity contribution in [3.05, 3.63) is 54.1 Å². The van der Waals surface area contributed by atoms with E-state index in [4.69, 9.17) is 17.0 Å². The molecule has 0 saturated heterocycles. The Morgan fingerprint density at radius 3 is 2.32 bits per heavy atom. The van der Waals surface area contributed by atoms with Crippen molar-refractivity contribution in [2.45, 2.75) is 27.7 Å². The molecule has 5 nitrogen and oxygen atoms in total. The van der Waals surface area contributed by atoms with E-state index in [1.54, 1.807) is 18.2 Å². The van der Waals surface area contributed by atoms with E-state index >= 15 is 0 Å². The SMILES string of the molecule is CCN(CC)c1ccc(NC(=S)NC(=O)c2ccccc2OCC(C)C)cc1. The van der Waals surface area contributed by atoms with E-state index in [0.29, 0.717) is 23.8 Å². The van der Waals surface area contributed by atoms with E-state index in [1.165, 1.54) is 0 Å². The van der Waals surface area contributed by atoms with Gasteiger partial charge in [-0.15, -0.1) is 0 Å². The Bertz CT molecular complexity index is 787. The number of thiocarbonyl (C=S) groups is 1. The molecule has 0 aliphatic rings. The Morgan fingerprint density at radius 2 is 1.71 bits per heavy atom. The maximum absolute atomic E-state index is 12.6. The summed E-state index contributed by atoms with van der Waals surface area (Å²) >= 11 is 5.30. The number of hydrogen-bond acceptors (Lipinski definition) is 4. The second-order valence-electron chi connectivity index (χ2n) is 6.83. The third kappa shape index (κ3) is 6.23. The molecule has 2 aromatic carbocycles. The van der Waals surface area contributed by atoms with E-state index in [9.17, 15) is 4.79 Å². The zero-order chi connectivity index (χ0) is 20.5.